The summed E-state index contributed by atoms with van der Waals surface area (Å²) in [5, 5.41) is 23.0. The van der Waals surface area contributed by atoms with E-state index in [1.807, 2.05) is 0 Å². The first-order chi connectivity index (χ1) is 8.99. The molecule has 9 heteroatoms. The van der Waals surface area contributed by atoms with E-state index in [1.54, 1.807) is 0 Å². The van der Waals surface area contributed by atoms with Crippen molar-refractivity contribution >= 4 is 17.7 Å². The molecule has 0 aliphatic rings. The van der Waals surface area contributed by atoms with E-state index in [1.165, 1.54) is 13.0 Å². The van der Waals surface area contributed by atoms with Gasteiger partial charge in [-0.2, -0.15) is 10.2 Å². The Kier molecular flexibility index (Phi) is 3.10. The smallest absolute Gasteiger partial charge is 0.341 e. The fourth-order valence-electron chi connectivity index (χ4n) is 1.42. The molecule has 19 heavy (non-hydrogen) atoms. The van der Waals surface area contributed by atoms with Crippen molar-refractivity contribution in [2.24, 2.45) is 0 Å². The second-order valence-electron chi connectivity index (χ2n) is 3.64. The quantitative estimate of drug-likeness (QED) is 0.601. The minimum absolute atomic E-state index is 0.0587. The van der Waals surface area contributed by atoms with E-state index in [0.29, 0.717) is 5.69 Å². The summed E-state index contributed by atoms with van der Waals surface area (Å²) in [5.74, 6) is -2.00. The molecule has 0 aliphatic carbocycles. The molecule has 9 nitrogen and oxygen atoms in total. The van der Waals surface area contributed by atoms with Crippen molar-refractivity contribution in [3.63, 3.8) is 0 Å². The molecule has 0 bridgehead atoms. The average Bonchev–Trinajstić information content (AvgIpc) is 2.71. The maximum absolute atomic E-state index is 11.8. The molecule has 2 aromatic rings. The molecule has 0 unspecified atom stereocenters. The highest BCUT2D eigenvalue weighted by Crippen LogP contribution is 2.16. The molecule has 0 saturated carbocycles. The third-order valence-electron chi connectivity index (χ3n) is 2.30. The number of rotatable bonds is 3. The average molecular weight is 263 g/mol. The van der Waals surface area contributed by atoms with Gasteiger partial charge in [0.1, 0.15) is 11.3 Å². The number of carbonyl (C=O) groups is 2. The molecule has 0 atom stereocenters. The van der Waals surface area contributed by atoms with E-state index in [-0.39, 0.29) is 17.1 Å². The van der Waals surface area contributed by atoms with E-state index in [4.69, 9.17) is 5.11 Å². The van der Waals surface area contributed by atoms with Crippen LogP contribution in [-0.4, -0.2) is 37.4 Å². The molecule has 0 fully saturated rings. The Balaban J connectivity index is 2.27. The van der Waals surface area contributed by atoms with Crippen molar-refractivity contribution in [3.05, 3.63) is 39.4 Å². The van der Waals surface area contributed by atoms with Crippen LogP contribution < -0.4 is 10.9 Å². The van der Waals surface area contributed by atoms with Crippen LogP contribution in [0.15, 0.2) is 16.9 Å². The van der Waals surface area contributed by atoms with Gasteiger partial charge in [0.15, 0.2) is 5.82 Å². The SMILES string of the molecule is Cc1[nH]nc(NC(=O)c2ccc(=O)[nH]n2)c1C(=O)O. The van der Waals surface area contributed by atoms with Crippen LogP contribution in [0.25, 0.3) is 0 Å². The van der Waals surface area contributed by atoms with E-state index in [2.05, 4.69) is 25.7 Å². The topological polar surface area (TPSA) is 141 Å². The molecule has 0 radical (unpaired) electrons. The zero-order valence-electron chi connectivity index (χ0n) is 9.72. The second kappa shape index (κ2) is 4.72. The fraction of sp³-hybridized carbons (Fsp3) is 0.100. The van der Waals surface area contributed by atoms with Gasteiger partial charge >= 0.3 is 5.97 Å². The number of aromatic nitrogens is 4. The lowest BCUT2D eigenvalue weighted by molar-refractivity contribution is 0.0697. The Morgan fingerprint density at radius 2 is 2.00 bits per heavy atom. The number of carboxylic acid groups (broad SMARTS) is 1. The van der Waals surface area contributed by atoms with Crippen LogP contribution >= 0.6 is 0 Å². The number of hydrogen-bond donors (Lipinski definition) is 4. The standard InChI is InChI=1S/C10H9N5O4/c1-4-7(10(18)19)8(15-12-4)11-9(17)5-2-3-6(16)14-13-5/h2-3H,1H3,(H,14,16)(H,18,19)(H2,11,12,15,17). The number of nitrogens with one attached hydrogen (secondary N) is 3. The maximum Gasteiger partial charge on any atom is 0.341 e. The number of amides is 1. The molecular formula is C10H9N5O4. The van der Waals surface area contributed by atoms with E-state index >= 15 is 0 Å². The first-order valence-electron chi connectivity index (χ1n) is 5.14. The molecule has 1 amide bonds. The van der Waals surface area contributed by atoms with Crippen LogP contribution in [-0.2, 0) is 0 Å². The largest absolute Gasteiger partial charge is 0.477 e. The van der Waals surface area contributed by atoms with Gasteiger partial charge in [0.05, 0.1) is 0 Å². The number of H-pyrrole nitrogens is 2. The van der Waals surface area contributed by atoms with Crippen molar-refractivity contribution in [2.45, 2.75) is 6.92 Å². The van der Waals surface area contributed by atoms with Gasteiger partial charge in [0.2, 0.25) is 0 Å². The summed E-state index contributed by atoms with van der Waals surface area (Å²) in [6, 6.07) is 2.35. The molecule has 2 rings (SSSR count). The highest BCUT2D eigenvalue weighted by molar-refractivity contribution is 6.06. The van der Waals surface area contributed by atoms with Gasteiger partial charge in [-0.25, -0.2) is 9.89 Å². The molecule has 0 saturated heterocycles. The van der Waals surface area contributed by atoms with Gasteiger partial charge in [0.25, 0.3) is 11.5 Å². The minimum Gasteiger partial charge on any atom is -0.477 e. The van der Waals surface area contributed by atoms with Crippen LogP contribution in [0.2, 0.25) is 0 Å². The summed E-state index contributed by atoms with van der Waals surface area (Å²) in [6.45, 7) is 1.52. The normalized spacial score (nSPS) is 10.2. The predicted molar refractivity (Wildman–Crippen MR) is 63.1 cm³/mol. The Hall–Kier alpha value is -2.97. The number of hydrogen-bond acceptors (Lipinski definition) is 5. The number of carbonyl (C=O) groups excluding carboxylic acids is 1. The number of nitrogens with zero attached hydrogens (tertiary/aromatic N) is 2. The lowest BCUT2D eigenvalue weighted by atomic mass is 10.2. The van der Waals surface area contributed by atoms with Crippen LogP contribution in [0.5, 0.6) is 0 Å². The number of aromatic amines is 2. The fourth-order valence-corrected chi connectivity index (χ4v) is 1.42. The monoisotopic (exact) mass is 263 g/mol. The van der Waals surface area contributed by atoms with Crippen molar-refractivity contribution < 1.29 is 14.7 Å². The summed E-state index contributed by atoms with van der Waals surface area (Å²) >= 11 is 0. The van der Waals surface area contributed by atoms with Gasteiger partial charge in [0, 0.05) is 11.8 Å². The molecule has 2 aromatic heterocycles. The van der Waals surface area contributed by atoms with Crippen molar-refractivity contribution in [2.75, 3.05) is 5.32 Å². The summed E-state index contributed by atoms with van der Waals surface area (Å²) in [4.78, 5) is 33.6. The number of carboxylic acids is 1. The van der Waals surface area contributed by atoms with E-state index in [9.17, 15) is 14.4 Å². The Morgan fingerprint density at radius 1 is 1.26 bits per heavy atom. The van der Waals surface area contributed by atoms with Crippen LogP contribution in [0.3, 0.4) is 0 Å². The van der Waals surface area contributed by atoms with Crippen LogP contribution in [0.1, 0.15) is 26.5 Å². The summed E-state index contributed by atoms with van der Waals surface area (Å²) in [7, 11) is 0. The number of anilines is 1. The predicted octanol–water partition coefficient (Wildman–Crippen LogP) is -0.248. The van der Waals surface area contributed by atoms with Gasteiger partial charge in [-0.15, -0.1) is 0 Å². The lowest BCUT2D eigenvalue weighted by Crippen LogP contribution is -2.19. The zero-order valence-corrected chi connectivity index (χ0v) is 9.72. The Morgan fingerprint density at radius 3 is 2.58 bits per heavy atom. The van der Waals surface area contributed by atoms with Crippen molar-refractivity contribution in [1.82, 2.24) is 20.4 Å². The maximum atomic E-state index is 11.8. The van der Waals surface area contributed by atoms with E-state index in [0.717, 1.165) is 6.07 Å². The van der Waals surface area contributed by atoms with Crippen LogP contribution in [0, 0.1) is 6.92 Å². The number of aromatic carboxylic acids is 1. The molecule has 98 valence electrons. The molecule has 2 heterocycles. The highest BCUT2D eigenvalue weighted by Gasteiger charge is 2.20. The molecular weight excluding hydrogens is 254 g/mol. The summed E-state index contributed by atoms with van der Waals surface area (Å²) in [6.07, 6.45) is 0. The molecule has 0 aliphatic heterocycles. The van der Waals surface area contributed by atoms with Crippen LogP contribution in [0.4, 0.5) is 5.82 Å². The van der Waals surface area contributed by atoms with Gasteiger partial charge in [-0.3, -0.25) is 14.7 Å². The lowest BCUT2D eigenvalue weighted by Gasteiger charge is -2.01. The molecule has 4 N–H and O–H groups in total. The van der Waals surface area contributed by atoms with E-state index < -0.39 is 17.4 Å². The summed E-state index contributed by atoms with van der Waals surface area (Å²) < 4.78 is 0. The third-order valence-corrected chi connectivity index (χ3v) is 2.30. The third kappa shape index (κ3) is 2.49. The van der Waals surface area contributed by atoms with Gasteiger partial charge < -0.3 is 10.4 Å². The van der Waals surface area contributed by atoms with Crippen molar-refractivity contribution in [1.29, 1.82) is 0 Å². The minimum atomic E-state index is -1.21. The highest BCUT2D eigenvalue weighted by atomic mass is 16.4. The summed E-state index contributed by atoms with van der Waals surface area (Å²) in [5.41, 5.74) is -0.315. The Labute approximate surface area is 105 Å². The molecule has 0 aromatic carbocycles. The first kappa shape index (κ1) is 12.5. The van der Waals surface area contributed by atoms with Gasteiger partial charge in [-0.05, 0) is 13.0 Å². The zero-order chi connectivity index (χ0) is 14.0. The number of aryl methyl sites for hydroxylation is 1. The van der Waals surface area contributed by atoms with Crippen molar-refractivity contribution in [3.8, 4) is 0 Å². The second-order valence-corrected chi connectivity index (χ2v) is 3.64. The van der Waals surface area contributed by atoms with Gasteiger partial charge in [-0.1, -0.05) is 0 Å². The molecule has 0 spiro atoms. The first-order valence-corrected chi connectivity index (χ1v) is 5.14. The Bertz CT molecular complexity index is 682.